The Kier molecular flexibility index (Phi) is 6.05. The maximum absolute atomic E-state index is 13.8. The van der Waals surface area contributed by atoms with E-state index >= 15 is 0 Å². The molecule has 11 nitrogen and oxygen atoms in total. The molecule has 1 heterocycles. The van der Waals surface area contributed by atoms with Crippen LogP contribution < -0.4 is 5.73 Å². The zero-order valence-corrected chi connectivity index (χ0v) is 20.7. The summed E-state index contributed by atoms with van der Waals surface area (Å²) in [6.45, 7) is -0.250. The number of carbonyl (C=O) groups is 5. The predicted octanol–water partition coefficient (Wildman–Crippen LogP) is -0.579. The number of pyridine rings is 1. The molecule has 2 unspecified atom stereocenters. The van der Waals surface area contributed by atoms with Gasteiger partial charge in [0.2, 0.25) is 5.91 Å². The highest BCUT2D eigenvalue weighted by molar-refractivity contribution is 6.32. The number of amides is 1. The number of hydrogen-bond acceptors (Lipinski definition) is 10. The van der Waals surface area contributed by atoms with Crippen molar-refractivity contribution >= 4 is 29.0 Å². The van der Waals surface area contributed by atoms with Crippen molar-refractivity contribution in [2.75, 3.05) is 14.1 Å². The molecule has 5 N–H and O–H groups in total. The van der Waals surface area contributed by atoms with E-state index in [0.717, 1.165) is 0 Å². The monoisotopic (exact) mass is 521 g/mol. The van der Waals surface area contributed by atoms with Crippen molar-refractivity contribution in [2.45, 2.75) is 31.1 Å². The van der Waals surface area contributed by atoms with Gasteiger partial charge in [0.25, 0.3) is 0 Å². The van der Waals surface area contributed by atoms with Crippen molar-refractivity contribution in [3.05, 3.63) is 47.3 Å². The number of likely N-dealkylation sites (N-methyl/N-ethyl adjacent to an activating group) is 1. The van der Waals surface area contributed by atoms with Crippen LogP contribution in [0, 0.1) is 23.7 Å². The summed E-state index contributed by atoms with van der Waals surface area (Å²) in [5.41, 5.74) is 4.66. The Morgan fingerprint density at radius 3 is 2.50 bits per heavy atom. The van der Waals surface area contributed by atoms with Gasteiger partial charge < -0.3 is 21.1 Å². The third-order valence-electron chi connectivity index (χ3n) is 8.23. The fourth-order valence-electron chi connectivity index (χ4n) is 6.60. The number of aromatic nitrogens is 1. The van der Waals surface area contributed by atoms with Gasteiger partial charge in [-0.3, -0.25) is 33.9 Å². The molecule has 3 aliphatic rings. The molecule has 1 aromatic heterocycles. The number of nitrogens with zero attached hydrogens (tertiary/aromatic N) is 2. The molecule has 2 saturated carbocycles. The number of aliphatic hydroxyl groups excluding tert-OH is 1. The Labute approximate surface area is 217 Å². The Morgan fingerprint density at radius 2 is 1.87 bits per heavy atom. The van der Waals surface area contributed by atoms with Gasteiger partial charge in [-0.1, -0.05) is 6.07 Å². The average molecular weight is 522 g/mol. The number of aromatic hydroxyl groups is 1. The van der Waals surface area contributed by atoms with E-state index < -0.39 is 64.4 Å². The summed E-state index contributed by atoms with van der Waals surface area (Å²) < 4.78 is 0. The highest BCUT2D eigenvalue weighted by atomic mass is 16.3. The fourth-order valence-corrected chi connectivity index (χ4v) is 6.60. The minimum absolute atomic E-state index is 0.0338. The SMILES string of the molecule is CN(C)[C@H]1C(=O)C(C(N)=O)C(=O)[C@@]2(O)C(=O)C3C(=O)c4c(O)ccc(-c5cncc(CO)c5)c4C[C@H]3C[C@@H]12. The van der Waals surface area contributed by atoms with Crippen molar-refractivity contribution in [1.82, 2.24) is 9.88 Å². The molecule has 6 atom stereocenters. The number of phenolic OH excluding ortho intramolecular Hbond substituents is 1. The van der Waals surface area contributed by atoms with Crippen LogP contribution in [-0.2, 0) is 32.2 Å². The first kappa shape index (κ1) is 25.8. The Morgan fingerprint density at radius 1 is 1.16 bits per heavy atom. The molecule has 11 heteroatoms. The number of carbonyl (C=O) groups excluding carboxylic acids is 5. The van der Waals surface area contributed by atoms with Crippen LogP contribution in [0.15, 0.2) is 30.6 Å². The van der Waals surface area contributed by atoms with Crippen LogP contribution in [0.3, 0.4) is 0 Å². The van der Waals surface area contributed by atoms with Crippen LogP contribution in [0.1, 0.15) is 27.9 Å². The molecular weight excluding hydrogens is 494 g/mol. The van der Waals surface area contributed by atoms with Gasteiger partial charge in [-0.2, -0.15) is 0 Å². The maximum atomic E-state index is 13.8. The second-order valence-corrected chi connectivity index (χ2v) is 10.5. The van der Waals surface area contributed by atoms with Gasteiger partial charge in [0.05, 0.1) is 24.1 Å². The van der Waals surface area contributed by atoms with E-state index in [9.17, 15) is 39.3 Å². The standard InChI is InChI=1S/C27H27N3O8/c1-30(2)21-16-7-12-6-15-14(13-5-11(10-31)8-29-9-13)3-4-17(32)19(15)22(33)18(12)24(35)27(16,38)25(36)20(23(21)34)26(28)37/h3-5,8-9,12,16,18,20-21,31-32,38H,6-7,10H2,1-2H3,(H2,28,37)/t12-,16-,18?,20?,21+,27-/m0/s1. The van der Waals surface area contributed by atoms with E-state index in [1.165, 1.54) is 31.3 Å². The van der Waals surface area contributed by atoms with Gasteiger partial charge in [0, 0.05) is 23.9 Å². The molecule has 1 amide bonds. The quantitative estimate of drug-likeness (QED) is 0.379. The summed E-state index contributed by atoms with van der Waals surface area (Å²) in [7, 11) is 3.07. The lowest BCUT2D eigenvalue weighted by Crippen LogP contribution is -2.74. The second-order valence-electron chi connectivity index (χ2n) is 10.5. The predicted molar refractivity (Wildman–Crippen MR) is 131 cm³/mol. The number of ketones is 4. The third kappa shape index (κ3) is 3.46. The van der Waals surface area contributed by atoms with Crippen LogP contribution in [0.4, 0.5) is 0 Å². The Bertz CT molecular complexity index is 1420. The number of benzene rings is 1. The molecule has 0 spiro atoms. The molecule has 1 aromatic carbocycles. The summed E-state index contributed by atoms with van der Waals surface area (Å²) in [5, 5.41) is 31.8. The smallest absolute Gasteiger partial charge is 0.235 e. The van der Waals surface area contributed by atoms with E-state index in [1.54, 1.807) is 18.3 Å². The largest absolute Gasteiger partial charge is 0.507 e. The normalized spacial score (nSPS) is 30.6. The molecule has 198 valence electrons. The van der Waals surface area contributed by atoms with Crippen LogP contribution in [0.2, 0.25) is 0 Å². The Hall–Kier alpha value is -3.80. The van der Waals surface area contributed by atoms with Crippen LogP contribution in [0.25, 0.3) is 11.1 Å². The number of fused-ring (bicyclic) bond motifs is 3. The summed E-state index contributed by atoms with van der Waals surface area (Å²) in [5.74, 6) is -10.9. The zero-order chi connectivity index (χ0) is 27.7. The fraction of sp³-hybridized carbons (Fsp3) is 0.407. The maximum Gasteiger partial charge on any atom is 0.235 e. The summed E-state index contributed by atoms with van der Waals surface area (Å²) in [4.78, 5) is 71.7. The van der Waals surface area contributed by atoms with Crippen molar-refractivity contribution < 1.29 is 39.3 Å². The molecule has 38 heavy (non-hydrogen) atoms. The van der Waals surface area contributed by atoms with E-state index in [-0.39, 0.29) is 30.8 Å². The molecule has 3 aliphatic carbocycles. The number of Topliss-reactive ketones (excluding diaryl/α,β-unsaturated/α-hetero) is 4. The molecule has 2 fully saturated rings. The van der Waals surface area contributed by atoms with Gasteiger partial charge in [-0.05, 0) is 61.7 Å². The highest BCUT2D eigenvalue weighted by Crippen LogP contribution is 2.51. The molecule has 2 aromatic rings. The van der Waals surface area contributed by atoms with Crippen molar-refractivity contribution in [2.24, 2.45) is 29.4 Å². The zero-order valence-electron chi connectivity index (χ0n) is 20.7. The number of rotatable bonds is 4. The molecular formula is C27H27N3O8. The van der Waals surface area contributed by atoms with E-state index in [0.29, 0.717) is 22.3 Å². The number of nitrogens with two attached hydrogens (primary N) is 1. The third-order valence-corrected chi connectivity index (χ3v) is 8.23. The number of hydrogen-bond donors (Lipinski definition) is 4. The second kappa shape index (κ2) is 8.90. The number of primary amides is 1. The van der Waals surface area contributed by atoms with Crippen molar-refractivity contribution in [3.8, 4) is 16.9 Å². The lowest BCUT2D eigenvalue weighted by molar-refractivity contribution is -0.181. The lowest BCUT2D eigenvalue weighted by Gasteiger charge is -2.52. The van der Waals surface area contributed by atoms with Gasteiger partial charge >= 0.3 is 0 Å². The van der Waals surface area contributed by atoms with Gasteiger partial charge in [0.15, 0.2) is 34.7 Å². The van der Waals surface area contributed by atoms with Crippen molar-refractivity contribution in [1.29, 1.82) is 0 Å². The van der Waals surface area contributed by atoms with Gasteiger partial charge in [-0.25, -0.2) is 0 Å². The summed E-state index contributed by atoms with van der Waals surface area (Å²) >= 11 is 0. The topological polar surface area (TPSA) is 188 Å². The first-order valence-corrected chi connectivity index (χ1v) is 12.2. The minimum Gasteiger partial charge on any atom is -0.507 e. The first-order valence-electron chi connectivity index (χ1n) is 12.2. The molecule has 5 rings (SSSR count). The molecule has 0 bridgehead atoms. The van der Waals surface area contributed by atoms with Crippen LogP contribution in [-0.4, -0.2) is 80.0 Å². The van der Waals surface area contributed by atoms with Crippen molar-refractivity contribution in [3.63, 3.8) is 0 Å². The lowest BCUT2D eigenvalue weighted by atomic mass is 9.52. The Balaban J connectivity index is 1.66. The van der Waals surface area contributed by atoms with E-state index in [1.807, 2.05) is 0 Å². The molecule has 0 saturated heterocycles. The van der Waals surface area contributed by atoms with Crippen LogP contribution >= 0.6 is 0 Å². The molecule has 0 aliphatic heterocycles. The molecule has 0 radical (unpaired) electrons. The van der Waals surface area contributed by atoms with Crippen LogP contribution in [0.5, 0.6) is 5.75 Å². The average Bonchev–Trinajstić information content (AvgIpc) is 2.86. The number of aliphatic hydroxyl groups is 2. The summed E-state index contributed by atoms with van der Waals surface area (Å²) in [6, 6.07) is 3.48. The first-order chi connectivity index (χ1) is 17.9. The van der Waals surface area contributed by atoms with E-state index in [4.69, 9.17) is 5.73 Å². The van der Waals surface area contributed by atoms with Gasteiger partial charge in [-0.15, -0.1) is 0 Å². The summed E-state index contributed by atoms with van der Waals surface area (Å²) in [6.07, 6.45) is 3.15. The van der Waals surface area contributed by atoms with E-state index in [2.05, 4.69) is 4.98 Å². The number of phenols is 1. The minimum atomic E-state index is -2.76. The highest BCUT2D eigenvalue weighted by Gasteiger charge is 2.69. The van der Waals surface area contributed by atoms with Gasteiger partial charge in [0.1, 0.15) is 5.75 Å².